The van der Waals surface area contributed by atoms with Crippen LogP contribution in [0.3, 0.4) is 0 Å². The molecule has 0 aromatic heterocycles. The topological polar surface area (TPSA) is 105 Å². The maximum atomic E-state index is 14.1. The molecule has 0 unspecified atom stereocenters. The molecule has 9 nitrogen and oxygen atoms in total. The third-order valence-electron chi connectivity index (χ3n) is 6.31. The van der Waals surface area contributed by atoms with Gasteiger partial charge in [-0.2, -0.15) is 0 Å². The van der Waals surface area contributed by atoms with Crippen LogP contribution < -0.4 is 19.1 Å². The molecule has 12 heteroatoms. The monoisotopic (exact) mass is 621 g/mol. The molecule has 41 heavy (non-hydrogen) atoms. The van der Waals surface area contributed by atoms with E-state index in [1.807, 2.05) is 30.3 Å². The number of halogens is 2. The Balaban J connectivity index is 2.12. The number of carbonyl (C=O) groups excluding carboxylic acids is 2. The van der Waals surface area contributed by atoms with E-state index in [9.17, 15) is 18.0 Å². The number of ether oxygens (including phenoxy) is 2. The fourth-order valence-corrected chi connectivity index (χ4v) is 5.58. The summed E-state index contributed by atoms with van der Waals surface area (Å²) in [5.41, 5.74) is 1.47. The average molecular weight is 623 g/mol. The summed E-state index contributed by atoms with van der Waals surface area (Å²) in [6.07, 6.45) is 1.18. The van der Waals surface area contributed by atoms with E-state index in [0.29, 0.717) is 27.9 Å². The number of sulfonamides is 1. The van der Waals surface area contributed by atoms with Gasteiger partial charge in [0.25, 0.3) is 0 Å². The average Bonchev–Trinajstić information content (AvgIpc) is 2.94. The van der Waals surface area contributed by atoms with Crippen molar-refractivity contribution in [3.8, 4) is 11.5 Å². The zero-order valence-corrected chi connectivity index (χ0v) is 25.6. The normalized spacial score (nSPS) is 11.9. The largest absolute Gasteiger partial charge is 0.497 e. The van der Waals surface area contributed by atoms with Crippen LogP contribution in [-0.2, 0) is 32.6 Å². The third-order valence-corrected chi connectivity index (χ3v) is 8.03. The molecule has 2 amide bonds. The Morgan fingerprint density at radius 3 is 2.27 bits per heavy atom. The van der Waals surface area contributed by atoms with Crippen molar-refractivity contribution in [1.82, 2.24) is 10.2 Å². The second-order valence-electron chi connectivity index (χ2n) is 9.16. The van der Waals surface area contributed by atoms with Crippen LogP contribution in [0.1, 0.15) is 18.1 Å². The van der Waals surface area contributed by atoms with Crippen LogP contribution in [0.5, 0.6) is 11.5 Å². The van der Waals surface area contributed by atoms with Crippen LogP contribution in [-0.4, -0.2) is 64.7 Å². The summed E-state index contributed by atoms with van der Waals surface area (Å²) in [4.78, 5) is 28.9. The lowest BCUT2D eigenvalue weighted by Gasteiger charge is -2.34. The number of nitrogens with one attached hydrogen (secondary N) is 1. The van der Waals surface area contributed by atoms with Gasteiger partial charge >= 0.3 is 0 Å². The van der Waals surface area contributed by atoms with Crippen molar-refractivity contribution >= 4 is 50.7 Å². The summed E-state index contributed by atoms with van der Waals surface area (Å²) in [6.45, 7) is 1.43. The Morgan fingerprint density at radius 1 is 0.976 bits per heavy atom. The van der Waals surface area contributed by atoms with E-state index in [0.717, 1.165) is 16.1 Å². The number of benzene rings is 3. The van der Waals surface area contributed by atoms with E-state index < -0.39 is 28.5 Å². The van der Waals surface area contributed by atoms with Crippen molar-refractivity contribution in [2.45, 2.75) is 25.9 Å². The molecule has 3 aromatic carbocycles. The molecule has 0 aliphatic rings. The first-order valence-corrected chi connectivity index (χ1v) is 15.3. The predicted octanol–water partition coefficient (Wildman–Crippen LogP) is 4.55. The Hall–Kier alpha value is -3.47. The van der Waals surface area contributed by atoms with Crippen molar-refractivity contribution in [1.29, 1.82) is 0 Å². The van der Waals surface area contributed by atoms with E-state index in [1.165, 1.54) is 25.2 Å². The molecule has 220 valence electrons. The number of hydrogen-bond acceptors (Lipinski definition) is 6. The van der Waals surface area contributed by atoms with E-state index in [-0.39, 0.29) is 30.3 Å². The van der Waals surface area contributed by atoms with Gasteiger partial charge in [0.05, 0.1) is 26.2 Å². The quantitative estimate of drug-likeness (QED) is 0.300. The molecule has 0 aliphatic heterocycles. The first-order valence-electron chi connectivity index (χ1n) is 12.7. The number of anilines is 1. The molecule has 1 atom stereocenters. The highest BCUT2D eigenvalue weighted by atomic mass is 35.5. The molecule has 3 aromatic rings. The summed E-state index contributed by atoms with van der Waals surface area (Å²) in [5.74, 6) is -0.421. The van der Waals surface area contributed by atoms with Gasteiger partial charge in [-0.05, 0) is 42.3 Å². The second-order valence-corrected chi connectivity index (χ2v) is 11.9. The fraction of sp³-hybridized carbons (Fsp3) is 0.310. The van der Waals surface area contributed by atoms with E-state index in [4.69, 9.17) is 32.7 Å². The molecule has 3 rings (SSSR count). The van der Waals surface area contributed by atoms with E-state index >= 15 is 0 Å². The van der Waals surface area contributed by atoms with Crippen molar-refractivity contribution < 1.29 is 27.5 Å². The zero-order valence-electron chi connectivity index (χ0n) is 23.3. The Bertz CT molecular complexity index is 1470. The van der Waals surface area contributed by atoms with E-state index in [1.54, 1.807) is 37.3 Å². The van der Waals surface area contributed by atoms with Gasteiger partial charge in [-0.15, -0.1) is 0 Å². The van der Waals surface area contributed by atoms with Crippen LogP contribution in [0.25, 0.3) is 0 Å². The summed E-state index contributed by atoms with van der Waals surface area (Å²) < 4.78 is 37.7. The molecule has 1 N–H and O–H groups in total. The maximum Gasteiger partial charge on any atom is 0.244 e. The van der Waals surface area contributed by atoms with Gasteiger partial charge in [0.1, 0.15) is 24.1 Å². The highest BCUT2D eigenvalue weighted by Crippen LogP contribution is 2.34. The smallest absolute Gasteiger partial charge is 0.244 e. The van der Waals surface area contributed by atoms with Gasteiger partial charge in [0.2, 0.25) is 21.8 Å². The van der Waals surface area contributed by atoms with Gasteiger partial charge in [-0.1, -0.05) is 59.6 Å². The van der Waals surface area contributed by atoms with Crippen LogP contribution in [0, 0.1) is 0 Å². The van der Waals surface area contributed by atoms with Gasteiger partial charge < -0.3 is 19.7 Å². The van der Waals surface area contributed by atoms with Crippen molar-refractivity contribution in [3.05, 3.63) is 87.9 Å². The highest BCUT2D eigenvalue weighted by Gasteiger charge is 2.34. The van der Waals surface area contributed by atoms with Gasteiger partial charge in [0, 0.05) is 35.6 Å². The number of likely N-dealkylation sites (N-methyl/N-ethyl adjacent to an activating group) is 1. The second kappa shape index (κ2) is 14.4. The first-order chi connectivity index (χ1) is 19.5. The molecule has 0 aliphatic carbocycles. The van der Waals surface area contributed by atoms with Crippen molar-refractivity contribution in [2.24, 2.45) is 0 Å². The van der Waals surface area contributed by atoms with Crippen LogP contribution in [0.4, 0.5) is 5.69 Å². The molecule has 0 bridgehead atoms. The zero-order chi connectivity index (χ0) is 30.2. The van der Waals surface area contributed by atoms with Crippen molar-refractivity contribution in [3.63, 3.8) is 0 Å². The maximum absolute atomic E-state index is 14.1. The SMILES string of the molecule is CCNC(=O)[C@@H](Cc1ccccc1)N(Cc1ccc(Cl)cc1Cl)C(=O)CN(c1cc(OC)ccc1OC)S(C)(=O)=O. The number of carbonyl (C=O) groups is 2. The summed E-state index contributed by atoms with van der Waals surface area (Å²) in [6, 6.07) is 17.7. The Morgan fingerprint density at radius 2 is 1.68 bits per heavy atom. The number of nitrogens with zero attached hydrogens (tertiary/aromatic N) is 2. The van der Waals surface area contributed by atoms with E-state index in [2.05, 4.69) is 5.32 Å². The Labute approximate surface area is 251 Å². The van der Waals surface area contributed by atoms with Crippen molar-refractivity contribution in [2.75, 3.05) is 37.9 Å². The minimum atomic E-state index is -4.00. The summed E-state index contributed by atoms with van der Waals surface area (Å²) in [7, 11) is -1.16. The van der Waals surface area contributed by atoms with Crippen LogP contribution in [0.15, 0.2) is 66.7 Å². The first kappa shape index (κ1) is 32.0. The molecule has 0 fully saturated rings. The summed E-state index contributed by atoms with van der Waals surface area (Å²) in [5, 5.41) is 3.52. The molecule has 0 heterocycles. The molecule has 0 radical (unpaired) electrons. The standard InChI is InChI=1S/C29H33Cl2N3O6S/c1-5-32-29(36)26(15-20-9-7-6-8-10-20)33(18-21-11-12-22(30)16-24(21)31)28(35)19-34(41(4,37)38)25-17-23(39-2)13-14-27(25)40-3/h6-14,16-17,26H,5,15,18-19H2,1-4H3,(H,32,36)/t26-/m1/s1. The Kier molecular flexibility index (Phi) is 11.3. The molecule has 0 saturated heterocycles. The summed E-state index contributed by atoms with van der Waals surface area (Å²) >= 11 is 12.6. The number of rotatable bonds is 13. The van der Waals surface area contributed by atoms with Gasteiger partial charge in [-0.3, -0.25) is 13.9 Å². The van der Waals surface area contributed by atoms with Crippen LogP contribution in [0.2, 0.25) is 10.0 Å². The van der Waals surface area contributed by atoms with Gasteiger partial charge in [-0.25, -0.2) is 8.42 Å². The minimum absolute atomic E-state index is 0.0731. The van der Waals surface area contributed by atoms with Gasteiger partial charge in [0.15, 0.2) is 0 Å². The fourth-order valence-electron chi connectivity index (χ4n) is 4.27. The molecule has 0 saturated carbocycles. The third kappa shape index (κ3) is 8.51. The lowest BCUT2D eigenvalue weighted by Crippen LogP contribution is -2.53. The highest BCUT2D eigenvalue weighted by molar-refractivity contribution is 7.92. The minimum Gasteiger partial charge on any atom is -0.497 e. The number of hydrogen-bond donors (Lipinski definition) is 1. The molecular formula is C29H33Cl2N3O6S. The lowest BCUT2D eigenvalue weighted by atomic mass is 10.0. The van der Waals surface area contributed by atoms with Crippen LogP contribution >= 0.6 is 23.2 Å². The molecular weight excluding hydrogens is 589 g/mol. The lowest BCUT2D eigenvalue weighted by molar-refractivity contribution is -0.140. The number of methoxy groups -OCH3 is 2. The molecule has 0 spiro atoms. The predicted molar refractivity (Wildman–Crippen MR) is 161 cm³/mol. The number of amides is 2.